The predicted molar refractivity (Wildman–Crippen MR) is 54.7 cm³/mol. The molecule has 0 spiro atoms. The molecule has 0 bridgehead atoms. The monoisotopic (exact) mass is 200 g/mol. The topological polar surface area (TPSA) is 45.1 Å². The Hall–Kier alpha value is -0.450. The molecule has 0 saturated heterocycles. The summed E-state index contributed by atoms with van der Waals surface area (Å²) in [5, 5.41) is 12.7. The van der Waals surface area contributed by atoms with Gasteiger partial charge in [-0.1, -0.05) is 0 Å². The zero-order valence-electron chi connectivity index (χ0n) is 8.24. The Balaban J connectivity index is 2.42. The van der Waals surface area contributed by atoms with E-state index in [0.29, 0.717) is 0 Å². The van der Waals surface area contributed by atoms with Crippen LogP contribution in [0.5, 0.6) is 0 Å². The molecule has 0 radical (unpaired) electrons. The van der Waals surface area contributed by atoms with Gasteiger partial charge < -0.3 is 10.4 Å². The van der Waals surface area contributed by atoms with E-state index in [1.165, 1.54) is 4.88 Å². The van der Waals surface area contributed by atoms with Crippen molar-refractivity contribution in [2.45, 2.75) is 39.0 Å². The standard InChI is InChI=1S/C9H16N2OS/c1-7(12)9(2,3)11-5-8-4-10-6-13-8/h4,6-7,11-12H,5H2,1-3H3. The van der Waals surface area contributed by atoms with Gasteiger partial charge in [0.05, 0.1) is 11.6 Å². The number of nitrogens with zero attached hydrogens (tertiary/aromatic N) is 1. The second-order valence-corrected chi connectivity index (χ2v) is 4.69. The lowest BCUT2D eigenvalue weighted by Crippen LogP contribution is -2.47. The van der Waals surface area contributed by atoms with Crippen LogP contribution >= 0.6 is 11.3 Å². The molecule has 1 aromatic heterocycles. The van der Waals surface area contributed by atoms with Crippen molar-refractivity contribution < 1.29 is 5.11 Å². The van der Waals surface area contributed by atoms with Crippen LogP contribution in [0.25, 0.3) is 0 Å². The van der Waals surface area contributed by atoms with E-state index >= 15 is 0 Å². The van der Waals surface area contributed by atoms with Gasteiger partial charge in [-0.2, -0.15) is 0 Å². The van der Waals surface area contributed by atoms with Gasteiger partial charge in [0, 0.05) is 23.2 Å². The molecule has 13 heavy (non-hydrogen) atoms. The minimum Gasteiger partial charge on any atom is -0.392 e. The maximum atomic E-state index is 9.43. The van der Waals surface area contributed by atoms with Gasteiger partial charge in [-0.3, -0.25) is 4.98 Å². The predicted octanol–water partition coefficient (Wildman–Crippen LogP) is 1.39. The molecule has 74 valence electrons. The van der Waals surface area contributed by atoms with Gasteiger partial charge in [-0.05, 0) is 20.8 Å². The van der Waals surface area contributed by atoms with Gasteiger partial charge in [0.1, 0.15) is 0 Å². The Labute approximate surface area is 82.8 Å². The van der Waals surface area contributed by atoms with Crippen molar-refractivity contribution in [1.29, 1.82) is 0 Å². The highest BCUT2D eigenvalue weighted by Gasteiger charge is 2.22. The minimum atomic E-state index is -0.361. The van der Waals surface area contributed by atoms with Crippen LogP contribution in [0.15, 0.2) is 11.7 Å². The molecule has 0 aliphatic carbocycles. The third-order valence-corrected chi connectivity index (χ3v) is 3.03. The van der Waals surface area contributed by atoms with Crippen molar-refractivity contribution in [1.82, 2.24) is 10.3 Å². The Morgan fingerprint density at radius 2 is 2.38 bits per heavy atom. The van der Waals surface area contributed by atoms with E-state index in [9.17, 15) is 5.11 Å². The van der Waals surface area contributed by atoms with E-state index in [2.05, 4.69) is 10.3 Å². The molecule has 0 aliphatic rings. The second-order valence-electron chi connectivity index (χ2n) is 3.72. The van der Waals surface area contributed by atoms with Crippen LogP contribution in [0.2, 0.25) is 0 Å². The average molecular weight is 200 g/mol. The van der Waals surface area contributed by atoms with Gasteiger partial charge in [0.2, 0.25) is 0 Å². The zero-order valence-corrected chi connectivity index (χ0v) is 9.06. The summed E-state index contributed by atoms with van der Waals surface area (Å²) in [6.45, 7) is 6.53. The first-order valence-corrected chi connectivity index (χ1v) is 5.21. The van der Waals surface area contributed by atoms with E-state index < -0.39 is 0 Å². The highest BCUT2D eigenvalue weighted by atomic mass is 32.1. The number of thiazole rings is 1. The van der Waals surface area contributed by atoms with Gasteiger partial charge in [-0.15, -0.1) is 11.3 Å². The number of hydrogen-bond donors (Lipinski definition) is 2. The van der Waals surface area contributed by atoms with Crippen molar-refractivity contribution in [3.63, 3.8) is 0 Å². The van der Waals surface area contributed by atoms with Crippen LogP contribution in [-0.2, 0) is 6.54 Å². The van der Waals surface area contributed by atoms with Crippen LogP contribution in [0.1, 0.15) is 25.6 Å². The fourth-order valence-corrected chi connectivity index (χ4v) is 1.33. The molecule has 1 unspecified atom stereocenters. The molecular weight excluding hydrogens is 184 g/mol. The summed E-state index contributed by atoms with van der Waals surface area (Å²) in [5.41, 5.74) is 1.57. The smallest absolute Gasteiger partial charge is 0.0794 e. The van der Waals surface area contributed by atoms with Crippen LogP contribution in [-0.4, -0.2) is 21.7 Å². The fraction of sp³-hybridized carbons (Fsp3) is 0.667. The lowest BCUT2D eigenvalue weighted by atomic mass is 9.99. The normalized spacial score (nSPS) is 14.5. The van der Waals surface area contributed by atoms with Crippen LogP contribution in [0.3, 0.4) is 0 Å². The van der Waals surface area contributed by atoms with Crippen molar-refractivity contribution in [3.05, 3.63) is 16.6 Å². The molecule has 1 rings (SSSR count). The van der Waals surface area contributed by atoms with Crippen LogP contribution in [0.4, 0.5) is 0 Å². The Bertz CT molecular complexity index is 244. The molecule has 2 N–H and O–H groups in total. The first-order chi connectivity index (χ1) is 6.02. The van der Waals surface area contributed by atoms with Gasteiger partial charge in [0.25, 0.3) is 0 Å². The van der Waals surface area contributed by atoms with Crippen molar-refractivity contribution >= 4 is 11.3 Å². The molecule has 0 aromatic carbocycles. The van der Waals surface area contributed by atoms with Crippen molar-refractivity contribution in [2.75, 3.05) is 0 Å². The highest BCUT2D eigenvalue weighted by molar-refractivity contribution is 7.09. The number of hydrogen-bond acceptors (Lipinski definition) is 4. The molecule has 0 saturated carbocycles. The van der Waals surface area contributed by atoms with Gasteiger partial charge in [-0.25, -0.2) is 0 Å². The van der Waals surface area contributed by atoms with Gasteiger partial charge >= 0.3 is 0 Å². The fourth-order valence-electron chi connectivity index (χ4n) is 0.792. The van der Waals surface area contributed by atoms with Crippen LogP contribution < -0.4 is 5.32 Å². The van der Waals surface area contributed by atoms with Gasteiger partial charge in [0.15, 0.2) is 0 Å². The van der Waals surface area contributed by atoms with E-state index in [4.69, 9.17) is 0 Å². The lowest BCUT2D eigenvalue weighted by Gasteiger charge is -2.29. The van der Waals surface area contributed by atoms with Crippen LogP contribution in [0, 0.1) is 0 Å². The summed E-state index contributed by atoms with van der Waals surface area (Å²) in [4.78, 5) is 5.17. The lowest BCUT2D eigenvalue weighted by molar-refractivity contribution is 0.0958. The first kappa shape index (κ1) is 10.6. The summed E-state index contributed by atoms with van der Waals surface area (Å²) in [5.74, 6) is 0. The van der Waals surface area contributed by atoms with E-state index in [1.807, 2.05) is 25.6 Å². The SMILES string of the molecule is CC(O)C(C)(C)NCc1cncs1. The molecule has 0 fully saturated rings. The minimum absolute atomic E-state index is 0.246. The number of nitrogens with one attached hydrogen (secondary N) is 1. The average Bonchev–Trinajstić information content (AvgIpc) is 2.52. The highest BCUT2D eigenvalue weighted by Crippen LogP contribution is 2.11. The van der Waals surface area contributed by atoms with E-state index in [0.717, 1.165) is 6.54 Å². The maximum Gasteiger partial charge on any atom is 0.0794 e. The molecule has 1 atom stereocenters. The quantitative estimate of drug-likeness (QED) is 0.772. The van der Waals surface area contributed by atoms with E-state index in [-0.39, 0.29) is 11.6 Å². The summed E-state index contributed by atoms with van der Waals surface area (Å²) in [6.07, 6.45) is 1.48. The largest absolute Gasteiger partial charge is 0.392 e. The summed E-state index contributed by atoms with van der Waals surface area (Å²) in [6, 6.07) is 0. The maximum absolute atomic E-state index is 9.43. The molecule has 0 aliphatic heterocycles. The number of aromatic nitrogens is 1. The summed E-state index contributed by atoms with van der Waals surface area (Å²) >= 11 is 1.62. The molecule has 3 nitrogen and oxygen atoms in total. The van der Waals surface area contributed by atoms with Crippen molar-refractivity contribution in [2.24, 2.45) is 0 Å². The summed E-state index contributed by atoms with van der Waals surface area (Å²) < 4.78 is 0. The molecular formula is C9H16N2OS. The number of rotatable bonds is 4. The Kier molecular flexibility index (Phi) is 3.41. The molecule has 4 heteroatoms. The molecule has 1 aromatic rings. The van der Waals surface area contributed by atoms with E-state index in [1.54, 1.807) is 18.3 Å². The Morgan fingerprint density at radius 3 is 2.85 bits per heavy atom. The number of aliphatic hydroxyl groups excluding tert-OH is 1. The van der Waals surface area contributed by atoms with Crippen molar-refractivity contribution in [3.8, 4) is 0 Å². The zero-order chi connectivity index (χ0) is 9.90. The molecule has 1 heterocycles. The third-order valence-electron chi connectivity index (χ3n) is 2.25. The third kappa shape index (κ3) is 3.06. The number of aliphatic hydroxyl groups is 1. The first-order valence-electron chi connectivity index (χ1n) is 4.33. The summed E-state index contributed by atoms with van der Waals surface area (Å²) in [7, 11) is 0. The molecule has 0 amide bonds. The second kappa shape index (κ2) is 4.17. The Morgan fingerprint density at radius 1 is 1.69 bits per heavy atom.